The van der Waals surface area contributed by atoms with Crippen LogP contribution in [-0.2, 0) is 12.8 Å². The van der Waals surface area contributed by atoms with Gasteiger partial charge in [-0.05, 0) is 104 Å². The minimum absolute atomic E-state index is 0.407. The van der Waals surface area contributed by atoms with Crippen molar-refractivity contribution in [2.75, 3.05) is 0 Å². The summed E-state index contributed by atoms with van der Waals surface area (Å²) in [6, 6.07) is 70.1. The SMILES string of the molecule is O=C(Oc1ccc(-c2c(Cc3ccccc3)cccc2-c2ccccc2)cc1)Oc1ccc(-c2c(Cc3ccccc3)cccc2-c2ccccc2)cc1. The van der Waals surface area contributed by atoms with E-state index in [0.717, 1.165) is 57.3 Å². The van der Waals surface area contributed by atoms with Crippen LogP contribution in [0, 0.1) is 0 Å². The van der Waals surface area contributed by atoms with Crippen molar-refractivity contribution in [2.24, 2.45) is 0 Å². The van der Waals surface area contributed by atoms with E-state index in [0.29, 0.717) is 11.5 Å². The van der Waals surface area contributed by atoms with Gasteiger partial charge in [-0.3, -0.25) is 0 Å². The molecule has 0 aliphatic rings. The van der Waals surface area contributed by atoms with Crippen LogP contribution in [0.25, 0.3) is 44.5 Å². The molecule has 8 aromatic rings. The molecule has 0 radical (unpaired) electrons. The van der Waals surface area contributed by atoms with Gasteiger partial charge in [0.1, 0.15) is 11.5 Å². The average Bonchev–Trinajstić information content (AvgIpc) is 3.23. The maximum absolute atomic E-state index is 13.0. The Balaban J connectivity index is 1.02. The second-order valence-corrected chi connectivity index (χ2v) is 13.2. The third-order valence-electron chi connectivity index (χ3n) is 9.63. The number of hydrogen-bond donors (Lipinski definition) is 0. The molecule has 8 aromatic carbocycles. The second-order valence-electron chi connectivity index (χ2n) is 13.2. The van der Waals surface area contributed by atoms with Crippen molar-refractivity contribution in [1.29, 1.82) is 0 Å². The van der Waals surface area contributed by atoms with Crippen LogP contribution in [0.15, 0.2) is 206 Å². The molecular weight excluding hydrogens is 661 g/mol. The summed E-state index contributed by atoms with van der Waals surface area (Å²) in [4.78, 5) is 13.0. The van der Waals surface area contributed by atoms with Gasteiger partial charge in [-0.1, -0.05) is 182 Å². The Hall–Kier alpha value is -6.97. The number of carbonyl (C=O) groups is 1. The highest BCUT2D eigenvalue weighted by Crippen LogP contribution is 2.38. The summed E-state index contributed by atoms with van der Waals surface area (Å²) < 4.78 is 11.3. The first-order chi connectivity index (χ1) is 26.7. The third-order valence-corrected chi connectivity index (χ3v) is 9.63. The highest BCUT2D eigenvalue weighted by molar-refractivity contribution is 5.87. The van der Waals surface area contributed by atoms with E-state index >= 15 is 0 Å². The van der Waals surface area contributed by atoms with Gasteiger partial charge in [0.15, 0.2) is 0 Å². The Labute approximate surface area is 316 Å². The fourth-order valence-electron chi connectivity index (χ4n) is 7.12. The van der Waals surface area contributed by atoms with Crippen LogP contribution in [0.2, 0.25) is 0 Å². The zero-order valence-electron chi connectivity index (χ0n) is 29.8. The largest absolute Gasteiger partial charge is 0.519 e. The summed E-state index contributed by atoms with van der Waals surface area (Å²) in [5, 5.41) is 0. The van der Waals surface area contributed by atoms with Crippen molar-refractivity contribution < 1.29 is 14.3 Å². The van der Waals surface area contributed by atoms with Gasteiger partial charge >= 0.3 is 6.16 Å². The minimum Gasteiger partial charge on any atom is -0.395 e. The molecule has 0 bridgehead atoms. The number of rotatable bonds is 10. The summed E-state index contributed by atoms with van der Waals surface area (Å²) in [5.41, 5.74) is 13.9. The molecule has 260 valence electrons. The lowest BCUT2D eigenvalue weighted by molar-refractivity contribution is 0.152. The Morgan fingerprint density at radius 3 is 1.06 bits per heavy atom. The number of benzene rings is 8. The summed E-state index contributed by atoms with van der Waals surface area (Å²) in [6.45, 7) is 0. The monoisotopic (exact) mass is 698 g/mol. The fraction of sp³-hybridized carbons (Fsp3) is 0.0392. The van der Waals surface area contributed by atoms with Crippen LogP contribution >= 0.6 is 0 Å². The molecule has 0 heterocycles. The molecule has 0 saturated carbocycles. The van der Waals surface area contributed by atoms with E-state index in [2.05, 4.69) is 133 Å². The summed E-state index contributed by atoms with van der Waals surface area (Å²) in [7, 11) is 0. The molecule has 54 heavy (non-hydrogen) atoms. The Bertz CT molecular complexity index is 2280. The van der Waals surface area contributed by atoms with Crippen molar-refractivity contribution in [3.8, 4) is 56.0 Å². The van der Waals surface area contributed by atoms with Crippen LogP contribution in [0.3, 0.4) is 0 Å². The van der Waals surface area contributed by atoms with E-state index in [1.54, 1.807) is 0 Å². The lowest BCUT2D eigenvalue weighted by atomic mass is 9.88. The van der Waals surface area contributed by atoms with Crippen LogP contribution in [-0.4, -0.2) is 6.16 Å². The van der Waals surface area contributed by atoms with Gasteiger partial charge in [0.25, 0.3) is 0 Å². The highest BCUT2D eigenvalue weighted by atomic mass is 16.7. The molecule has 0 unspecified atom stereocenters. The van der Waals surface area contributed by atoms with Gasteiger partial charge in [-0.2, -0.15) is 0 Å². The second kappa shape index (κ2) is 16.1. The Morgan fingerprint density at radius 2 is 0.685 bits per heavy atom. The van der Waals surface area contributed by atoms with Crippen molar-refractivity contribution in [3.63, 3.8) is 0 Å². The predicted molar refractivity (Wildman–Crippen MR) is 220 cm³/mol. The summed E-state index contributed by atoms with van der Waals surface area (Å²) in [5.74, 6) is 0.814. The Morgan fingerprint density at radius 1 is 0.333 bits per heavy atom. The summed E-state index contributed by atoms with van der Waals surface area (Å²) in [6.07, 6.45) is 0.804. The average molecular weight is 699 g/mol. The molecule has 3 nitrogen and oxygen atoms in total. The molecule has 0 fully saturated rings. The predicted octanol–water partition coefficient (Wildman–Crippen LogP) is 13.1. The smallest absolute Gasteiger partial charge is 0.395 e. The molecule has 3 heteroatoms. The quantitative estimate of drug-likeness (QED) is 0.105. The van der Waals surface area contributed by atoms with E-state index in [4.69, 9.17) is 9.47 Å². The fourth-order valence-corrected chi connectivity index (χ4v) is 7.12. The minimum atomic E-state index is -0.792. The molecular formula is C51H38O3. The Kier molecular flexibility index (Phi) is 10.2. The topological polar surface area (TPSA) is 35.5 Å². The molecule has 0 aromatic heterocycles. The standard InChI is InChI=1S/C51H38O3/c52-51(53-45-31-27-41(28-32-45)49-43(35-37-15-5-1-6-16-37)23-13-25-47(49)39-19-9-3-10-20-39)54-46-33-29-42(30-34-46)50-44(36-38-17-7-2-8-18-38)24-14-26-48(50)40-21-11-4-12-22-40/h1-34H,35-36H2. The molecule has 0 aliphatic carbocycles. The molecule has 0 N–H and O–H groups in total. The molecule has 0 amide bonds. The van der Waals surface area contributed by atoms with Gasteiger partial charge in [0.2, 0.25) is 0 Å². The number of carbonyl (C=O) groups excluding carboxylic acids is 1. The normalized spacial score (nSPS) is 10.8. The zero-order chi connectivity index (χ0) is 36.5. The number of ether oxygens (including phenoxy) is 2. The maximum Gasteiger partial charge on any atom is 0.519 e. The van der Waals surface area contributed by atoms with Crippen LogP contribution in [0.1, 0.15) is 22.3 Å². The van der Waals surface area contributed by atoms with E-state index in [9.17, 15) is 4.79 Å². The van der Waals surface area contributed by atoms with Crippen LogP contribution in [0.4, 0.5) is 4.79 Å². The first kappa shape index (κ1) is 34.1. The first-order valence-corrected chi connectivity index (χ1v) is 18.2. The van der Waals surface area contributed by atoms with E-state index in [1.807, 2.05) is 72.8 Å². The number of hydrogen-bond acceptors (Lipinski definition) is 3. The van der Waals surface area contributed by atoms with Gasteiger partial charge in [-0.25, -0.2) is 4.79 Å². The summed E-state index contributed by atoms with van der Waals surface area (Å²) >= 11 is 0. The molecule has 8 rings (SSSR count). The van der Waals surface area contributed by atoms with Gasteiger partial charge in [-0.15, -0.1) is 0 Å². The lowest BCUT2D eigenvalue weighted by Gasteiger charge is -2.17. The van der Waals surface area contributed by atoms with Crippen LogP contribution < -0.4 is 9.47 Å². The molecule has 0 saturated heterocycles. The first-order valence-electron chi connectivity index (χ1n) is 18.2. The maximum atomic E-state index is 13.0. The van der Waals surface area contributed by atoms with Crippen molar-refractivity contribution in [1.82, 2.24) is 0 Å². The van der Waals surface area contributed by atoms with E-state index < -0.39 is 6.16 Å². The third kappa shape index (κ3) is 7.91. The van der Waals surface area contributed by atoms with Crippen molar-refractivity contribution >= 4 is 6.16 Å². The van der Waals surface area contributed by atoms with Crippen molar-refractivity contribution in [3.05, 3.63) is 229 Å². The zero-order valence-corrected chi connectivity index (χ0v) is 29.8. The van der Waals surface area contributed by atoms with Gasteiger partial charge < -0.3 is 9.47 Å². The van der Waals surface area contributed by atoms with Crippen molar-refractivity contribution in [2.45, 2.75) is 12.8 Å². The van der Waals surface area contributed by atoms with Gasteiger partial charge in [0, 0.05) is 0 Å². The molecule has 0 aliphatic heterocycles. The van der Waals surface area contributed by atoms with Crippen LogP contribution in [0.5, 0.6) is 11.5 Å². The molecule has 0 atom stereocenters. The van der Waals surface area contributed by atoms with E-state index in [1.165, 1.54) is 22.3 Å². The lowest BCUT2D eigenvalue weighted by Crippen LogP contribution is -2.13. The molecule has 0 spiro atoms. The van der Waals surface area contributed by atoms with Gasteiger partial charge in [0.05, 0.1) is 0 Å². The highest BCUT2D eigenvalue weighted by Gasteiger charge is 2.16. The van der Waals surface area contributed by atoms with E-state index in [-0.39, 0.29) is 0 Å².